The van der Waals surface area contributed by atoms with Gasteiger partial charge >= 0.3 is 0 Å². The van der Waals surface area contributed by atoms with Crippen molar-refractivity contribution < 1.29 is 4.79 Å². The average Bonchev–Trinajstić information content (AvgIpc) is 3.10. The summed E-state index contributed by atoms with van der Waals surface area (Å²) < 4.78 is 0. The van der Waals surface area contributed by atoms with Crippen molar-refractivity contribution >= 4 is 23.1 Å². The second-order valence-corrected chi connectivity index (χ2v) is 7.18. The zero-order valence-corrected chi connectivity index (χ0v) is 15.2. The van der Waals surface area contributed by atoms with Crippen molar-refractivity contribution in [1.29, 1.82) is 0 Å². The first-order valence-electron chi connectivity index (χ1n) is 8.33. The molecule has 1 aliphatic rings. The van der Waals surface area contributed by atoms with Gasteiger partial charge in [-0.2, -0.15) is 0 Å². The van der Waals surface area contributed by atoms with Crippen LogP contribution in [0.15, 0.2) is 17.5 Å². The summed E-state index contributed by atoms with van der Waals surface area (Å²) in [6.45, 7) is 3.61. The SMILES string of the molecule is CCc1csc([C@@H]2CCCN(C(=O)c3ccc(N(C)C)nn3)C2)n1. The molecule has 2 aromatic rings. The summed E-state index contributed by atoms with van der Waals surface area (Å²) in [5.41, 5.74) is 1.55. The third kappa shape index (κ3) is 3.56. The van der Waals surface area contributed by atoms with Gasteiger partial charge in [0.1, 0.15) is 0 Å². The van der Waals surface area contributed by atoms with Crippen LogP contribution in [0.1, 0.15) is 46.9 Å². The van der Waals surface area contributed by atoms with Crippen LogP contribution in [-0.4, -0.2) is 53.2 Å². The number of likely N-dealkylation sites (tertiary alicyclic amines) is 1. The second-order valence-electron chi connectivity index (χ2n) is 6.29. The van der Waals surface area contributed by atoms with Crippen LogP contribution in [0.5, 0.6) is 0 Å². The van der Waals surface area contributed by atoms with E-state index in [1.165, 1.54) is 0 Å². The standard InChI is InChI=1S/C17H23N5OS/c1-4-13-11-24-16(18-13)12-6-5-9-22(10-12)17(23)14-7-8-15(20-19-14)21(2)3/h7-8,11-12H,4-6,9-10H2,1-3H3/t12-/m1/s1. The molecule has 0 bridgehead atoms. The Bertz CT molecular complexity index is 697. The minimum absolute atomic E-state index is 0.0372. The maximum Gasteiger partial charge on any atom is 0.274 e. The summed E-state index contributed by atoms with van der Waals surface area (Å²) in [5.74, 6) is 1.05. The van der Waals surface area contributed by atoms with Crippen molar-refractivity contribution in [1.82, 2.24) is 20.1 Å². The Hall–Kier alpha value is -2.02. The van der Waals surface area contributed by atoms with E-state index in [1.54, 1.807) is 17.4 Å². The van der Waals surface area contributed by atoms with Gasteiger partial charge in [0.15, 0.2) is 11.5 Å². The number of aromatic nitrogens is 3. The molecule has 1 aliphatic heterocycles. The maximum atomic E-state index is 12.7. The fourth-order valence-electron chi connectivity index (χ4n) is 2.88. The molecule has 1 amide bonds. The Morgan fingerprint density at radius 3 is 2.83 bits per heavy atom. The Kier molecular flexibility index (Phi) is 5.08. The number of hydrogen-bond donors (Lipinski definition) is 0. The minimum Gasteiger partial charge on any atom is -0.361 e. The van der Waals surface area contributed by atoms with Crippen LogP contribution in [0, 0.1) is 0 Å². The normalized spacial score (nSPS) is 17.8. The Morgan fingerprint density at radius 2 is 2.21 bits per heavy atom. The van der Waals surface area contributed by atoms with Gasteiger partial charge in [-0.15, -0.1) is 21.5 Å². The van der Waals surface area contributed by atoms with Crippen molar-refractivity contribution in [2.45, 2.75) is 32.1 Å². The lowest BCUT2D eigenvalue weighted by molar-refractivity contribution is 0.0700. The molecule has 1 saturated heterocycles. The van der Waals surface area contributed by atoms with Gasteiger partial charge < -0.3 is 9.80 Å². The van der Waals surface area contributed by atoms with Crippen LogP contribution in [0.2, 0.25) is 0 Å². The van der Waals surface area contributed by atoms with Crippen LogP contribution in [0.3, 0.4) is 0 Å². The quantitative estimate of drug-likeness (QED) is 0.852. The minimum atomic E-state index is -0.0372. The fraction of sp³-hybridized carbons (Fsp3) is 0.529. The Morgan fingerprint density at radius 1 is 1.38 bits per heavy atom. The maximum absolute atomic E-state index is 12.7. The lowest BCUT2D eigenvalue weighted by Crippen LogP contribution is -2.39. The number of nitrogens with zero attached hydrogens (tertiary/aromatic N) is 5. The van der Waals surface area contributed by atoms with E-state index in [0.717, 1.165) is 42.3 Å². The first-order valence-corrected chi connectivity index (χ1v) is 9.21. The molecule has 128 valence electrons. The lowest BCUT2D eigenvalue weighted by atomic mass is 9.98. The highest BCUT2D eigenvalue weighted by molar-refractivity contribution is 7.09. The van der Waals surface area contributed by atoms with Crippen molar-refractivity contribution in [2.75, 3.05) is 32.1 Å². The smallest absolute Gasteiger partial charge is 0.274 e. The Labute approximate surface area is 146 Å². The van der Waals surface area contributed by atoms with Gasteiger partial charge in [-0.3, -0.25) is 4.79 Å². The number of rotatable bonds is 4. The molecular formula is C17H23N5OS. The zero-order chi connectivity index (χ0) is 17.1. The molecule has 6 nitrogen and oxygen atoms in total. The van der Waals surface area contributed by atoms with Crippen molar-refractivity contribution in [2.24, 2.45) is 0 Å². The molecule has 24 heavy (non-hydrogen) atoms. The molecule has 0 aromatic carbocycles. The molecule has 1 atom stereocenters. The van der Waals surface area contributed by atoms with E-state index in [-0.39, 0.29) is 5.91 Å². The largest absolute Gasteiger partial charge is 0.361 e. The highest BCUT2D eigenvalue weighted by Gasteiger charge is 2.28. The van der Waals surface area contributed by atoms with E-state index < -0.39 is 0 Å². The summed E-state index contributed by atoms with van der Waals surface area (Å²) in [7, 11) is 3.80. The monoisotopic (exact) mass is 345 g/mol. The first-order chi connectivity index (χ1) is 11.6. The van der Waals surface area contributed by atoms with Gasteiger partial charge in [-0.05, 0) is 31.4 Å². The first kappa shape index (κ1) is 16.8. The summed E-state index contributed by atoms with van der Waals surface area (Å²) in [4.78, 5) is 21.2. The number of aryl methyl sites for hydroxylation is 1. The molecule has 7 heteroatoms. The molecule has 0 aliphatic carbocycles. The fourth-order valence-corrected chi connectivity index (χ4v) is 3.91. The van der Waals surface area contributed by atoms with E-state index in [1.807, 2.05) is 30.0 Å². The van der Waals surface area contributed by atoms with E-state index in [9.17, 15) is 4.79 Å². The number of piperidine rings is 1. The molecule has 1 fully saturated rings. The predicted octanol–water partition coefficient (Wildman–Crippen LogP) is 2.58. The lowest BCUT2D eigenvalue weighted by Gasteiger charge is -2.31. The van der Waals surface area contributed by atoms with Gasteiger partial charge in [-0.1, -0.05) is 6.92 Å². The molecule has 0 unspecified atom stereocenters. The highest BCUT2D eigenvalue weighted by atomic mass is 32.1. The Balaban J connectivity index is 1.70. The zero-order valence-electron chi connectivity index (χ0n) is 14.4. The van der Waals surface area contributed by atoms with Crippen LogP contribution in [0.25, 0.3) is 0 Å². The molecule has 0 N–H and O–H groups in total. The summed E-state index contributed by atoms with van der Waals surface area (Å²) in [5, 5.41) is 11.5. The van der Waals surface area contributed by atoms with Gasteiger partial charge in [0.25, 0.3) is 5.91 Å². The van der Waals surface area contributed by atoms with Crippen LogP contribution >= 0.6 is 11.3 Å². The molecule has 0 saturated carbocycles. The van der Waals surface area contributed by atoms with Crippen LogP contribution in [0.4, 0.5) is 5.82 Å². The number of anilines is 1. The van der Waals surface area contributed by atoms with Gasteiger partial charge in [0, 0.05) is 38.5 Å². The van der Waals surface area contributed by atoms with Crippen LogP contribution < -0.4 is 4.90 Å². The highest BCUT2D eigenvalue weighted by Crippen LogP contribution is 2.30. The van der Waals surface area contributed by atoms with E-state index >= 15 is 0 Å². The van der Waals surface area contributed by atoms with Crippen molar-refractivity contribution in [3.8, 4) is 0 Å². The van der Waals surface area contributed by atoms with Crippen molar-refractivity contribution in [3.63, 3.8) is 0 Å². The molecule has 3 heterocycles. The third-order valence-corrected chi connectivity index (χ3v) is 5.37. The topological polar surface area (TPSA) is 62.2 Å². The van der Waals surface area contributed by atoms with Crippen molar-refractivity contribution in [3.05, 3.63) is 33.9 Å². The van der Waals surface area contributed by atoms with E-state index in [4.69, 9.17) is 4.98 Å². The molecular weight excluding hydrogens is 322 g/mol. The predicted molar refractivity (Wildman–Crippen MR) is 95.7 cm³/mol. The third-order valence-electron chi connectivity index (χ3n) is 4.32. The van der Waals surface area contributed by atoms with E-state index in [0.29, 0.717) is 18.2 Å². The summed E-state index contributed by atoms with van der Waals surface area (Å²) in [6.07, 6.45) is 3.05. The summed E-state index contributed by atoms with van der Waals surface area (Å²) >= 11 is 1.71. The summed E-state index contributed by atoms with van der Waals surface area (Å²) in [6, 6.07) is 3.59. The number of carbonyl (C=O) groups excluding carboxylic acids is 1. The van der Waals surface area contributed by atoms with Gasteiger partial charge in [0.2, 0.25) is 0 Å². The second kappa shape index (κ2) is 7.25. The number of amides is 1. The van der Waals surface area contributed by atoms with Gasteiger partial charge in [0.05, 0.1) is 10.7 Å². The molecule has 0 spiro atoms. The van der Waals surface area contributed by atoms with E-state index in [2.05, 4.69) is 22.5 Å². The number of carbonyl (C=O) groups is 1. The average molecular weight is 345 g/mol. The number of hydrogen-bond acceptors (Lipinski definition) is 6. The molecule has 3 rings (SSSR count). The van der Waals surface area contributed by atoms with Crippen LogP contribution in [-0.2, 0) is 6.42 Å². The number of thiazole rings is 1. The van der Waals surface area contributed by atoms with Gasteiger partial charge in [-0.25, -0.2) is 4.98 Å². The molecule has 0 radical (unpaired) electrons. The molecule has 2 aromatic heterocycles.